The van der Waals surface area contributed by atoms with Gasteiger partial charge in [0.15, 0.2) is 0 Å². The molecule has 9 heteroatoms. The Morgan fingerprint density at radius 3 is 2.35 bits per heavy atom. The molecule has 0 radical (unpaired) electrons. The van der Waals surface area contributed by atoms with Crippen LogP contribution in [0.2, 0.25) is 0 Å². The van der Waals surface area contributed by atoms with E-state index in [1.54, 1.807) is 0 Å². The minimum atomic E-state index is -5.24. The van der Waals surface area contributed by atoms with E-state index in [4.69, 9.17) is 5.26 Å². The number of hydrogen-bond acceptors (Lipinski definition) is 4. The molecule has 0 aromatic heterocycles. The topological polar surface area (TPSA) is 59.3 Å². The van der Waals surface area contributed by atoms with Crippen molar-refractivity contribution in [1.29, 1.82) is 5.26 Å². The maximum atomic E-state index is 12.8. The third-order valence-corrected chi connectivity index (χ3v) is 2.13. The number of halogens is 5. The van der Waals surface area contributed by atoms with Crippen molar-refractivity contribution in [2.24, 2.45) is 0 Å². The van der Waals surface area contributed by atoms with Gasteiger partial charge in [-0.15, -0.1) is 13.2 Å². The molecular formula is C11H6F5NO3. The number of nitriles is 1. The lowest BCUT2D eigenvalue weighted by Gasteiger charge is -2.15. The van der Waals surface area contributed by atoms with Gasteiger partial charge in [0.05, 0.1) is 29.9 Å². The summed E-state index contributed by atoms with van der Waals surface area (Å²) in [6, 6.07) is 2.44. The number of rotatable bonds is 3. The average Bonchev–Trinajstić information content (AvgIpc) is 2.34. The summed E-state index contributed by atoms with van der Waals surface area (Å²) in [4.78, 5) is 11.2. The second-order valence-corrected chi connectivity index (χ2v) is 3.39. The Morgan fingerprint density at radius 2 is 1.95 bits per heavy atom. The zero-order valence-corrected chi connectivity index (χ0v) is 9.79. The second-order valence-electron chi connectivity index (χ2n) is 3.39. The van der Waals surface area contributed by atoms with E-state index in [0.717, 1.165) is 7.11 Å². The highest BCUT2D eigenvalue weighted by Gasteiger charge is 2.35. The number of hydrogen-bond donors (Lipinski definition) is 0. The number of carbonyl (C=O) groups is 1. The molecule has 1 rings (SSSR count). The van der Waals surface area contributed by atoms with Crippen LogP contribution in [-0.4, -0.2) is 19.4 Å². The fourth-order valence-corrected chi connectivity index (χ4v) is 1.39. The van der Waals surface area contributed by atoms with Crippen LogP contribution in [0, 0.1) is 11.3 Å². The van der Waals surface area contributed by atoms with Crippen molar-refractivity contribution in [3.05, 3.63) is 28.8 Å². The average molecular weight is 295 g/mol. The zero-order chi connectivity index (χ0) is 15.5. The monoisotopic (exact) mass is 295 g/mol. The van der Waals surface area contributed by atoms with Gasteiger partial charge in [0.1, 0.15) is 5.75 Å². The summed E-state index contributed by atoms with van der Waals surface area (Å²) in [7, 11) is 0.944. The van der Waals surface area contributed by atoms with Crippen LogP contribution in [0.3, 0.4) is 0 Å². The predicted octanol–water partition coefficient (Wildman–Crippen LogP) is 3.18. The third-order valence-electron chi connectivity index (χ3n) is 2.13. The largest absolute Gasteiger partial charge is 0.573 e. The maximum absolute atomic E-state index is 12.8. The molecule has 0 atom stereocenters. The Balaban J connectivity index is 3.50. The molecule has 1 aromatic carbocycles. The molecule has 108 valence electrons. The van der Waals surface area contributed by atoms with Gasteiger partial charge in [-0.05, 0) is 12.1 Å². The fourth-order valence-electron chi connectivity index (χ4n) is 1.39. The van der Waals surface area contributed by atoms with Crippen LogP contribution in [0.15, 0.2) is 12.1 Å². The quantitative estimate of drug-likeness (QED) is 0.634. The molecule has 4 nitrogen and oxygen atoms in total. The highest BCUT2D eigenvalue weighted by Crippen LogP contribution is 2.36. The van der Waals surface area contributed by atoms with Gasteiger partial charge in [0, 0.05) is 0 Å². The zero-order valence-electron chi connectivity index (χ0n) is 9.79. The van der Waals surface area contributed by atoms with Crippen molar-refractivity contribution < 1.29 is 36.2 Å². The number of carbonyl (C=O) groups excluding carboxylic acids is 1. The van der Waals surface area contributed by atoms with Gasteiger partial charge in [0.2, 0.25) is 0 Å². The lowest BCUT2D eigenvalue weighted by atomic mass is 10.0. The van der Waals surface area contributed by atoms with Gasteiger partial charge < -0.3 is 9.47 Å². The smallest absolute Gasteiger partial charge is 0.465 e. The van der Waals surface area contributed by atoms with E-state index >= 15 is 0 Å². The molecule has 1 aromatic rings. The van der Waals surface area contributed by atoms with Crippen molar-refractivity contribution >= 4 is 5.97 Å². The first-order valence-corrected chi connectivity index (χ1v) is 4.90. The Bertz CT molecular complexity index is 562. The molecule has 0 aliphatic carbocycles. The van der Waals surface area contributed by atoms with E-state index in [9.17, 15) is 26.7 Å². The van der Waals surface area contributed by atoms with Crippen molar-refractivity contribution in [1.82, 2.24) is 0 Å². The first-order valence-electron chi connectivity index (χ1n) is 4.90. The summed E-state index contributed by atoms with van der Waals surface area (Å²) in [6.07, 6.45) is -8.63. The van der Waals surface area contributed by atoms with Crippen LogP contribution >= 0.6 is 0 Å². The standard InChI is InChI=1S/C11H6F5NO3/c1-19-10(18)5-2-6(4-17)8(9(12)13)7(3-5)20-11(14,15)16/h2-3,9H,1H3. The van der Waals surface area contributed by atoms with Crippen LogP contribution in [0.4, 0.5) is 22.0 Å². The molecule has 0 aliphatic heterocycles. The Kier molecular flexibility index (Phi) is 4.49. The minimum absolute atomic E-state index is 0.446. The minimum Gasteiger partial charge on any atom is -0.465 e. The first-order chi connectivity index (χ1) is 9.19. The SMILES string of the molecule is COC(=O)c1cc(C#N)c(C(F)F)c(OC(F)(F)F)c1. The highest BCUT2D eigenvalue weighted by atomic mass is 19.4. The molecule has 0 N–H and O–H groups in total. The first kappa shape index (κ1) is 15.7. The molecule has 0 saturated heterocycles. The van der Waals surface area contributed by atoms with E-state index in [1.807, 2.05) is 0 Å². The van der Waals surface area contributed by atoms with Crippen LogP contribution in [0.25, 0.3) is 0 Å². The summed E-state index contributed by atoms with van der Waals surface area (Å²) in [5, 5.41) is 8.70. The van der Waals surface area contributed by atoms with E-state index in [-0.39, 0.29) is 0 Å². The Labute approximate surface area is 109 Å². The van der Waals surface area contributed by atoms with Crippen LogP contribution in [0.5, 0.6) is 5.75 Å². The molecular weight excluding hydrogens is 289 g/mol. The van der Waals surface area contributed by atoms with Crippen molar-refractivity contribution in [3.63, 3.8) is 0 Å². The second kappa shape index (κ2) is 5.73. The normalized spacial score (nSPS) is 11.1. The highest BCUT2D eigenvalue weighted by molar-refractivity contribution is 5.90. The predicted molar refractivity (Wildman–Crippen MR) is 54.1 cm³/mol. The van der Waals surface area contributed by atoms with E-state index < -0.39 is 41.2 Å². The summed E-state index contributed by atoms with van der Waals surface area (Å²) in [6.45, 7) is 0. The third kappa shape index (κ3) is 3.57. The molecule has 0 heterocycles. The number of methoxy groups -OCH3 is 1. The number of ether oxygens (including phenoxy) is 2. The van der Waals surface area contributed by atoms with E-state index in [1.165, 1.54) is 6.07 Å². The van der Waals surface area contributed by atoms with Gasteiger partial charge in [-0.3, -0.25) is 0 Å². The van der Waals surface area contributed by atoms with Crippen molar-refractivity contribution in [2.45, 2.75) is 12.8 Å². The van der Waals surface area contributed by atoms with Gasteiger partial charge in [-0.2, -0.15) is 5.26 Å². The molecule has 0 saturated carbocycles. The van der Waals surface area contributed by atoms with Gasteiger partial charge >= 0.3 is 12.3 Å². The van der Waals surface area contributed by atoms with Gasteiger partial charge in [0.25, 0.3) is 6.43 Å². The molecule has 0 spiro atoms. The molecule has 0 aliphatic rings. The van der Waals surface area contributed by atoms with Gasteiger partial charge in [-0.1, -0.05) is 0 Å². The van der Waals surface area contributed by atoms with Crippen LogP contribution < -0.4 is 4.74 Å². The molecule has 0 fully saturated rings. The number of alkyl halides is 5. The van der Waals surface area contributed by atoms with Crippen LogP contribution in [-0.2, 0) is 4.74 Å². The molecule has 20 heavy (non-hydrogen) atoms. The summed E-state index contributed by atoms with van der Waals surface area (Å²) in [5.74, 6) is -2.40. The Hall–Kier alpha value is -2.37. The molecule has 0 amide bonds. The summed E-state index contributed by atoms with van der Waals surface area (Å²) >= 11 is 0. The Morgan fingerprint density at radius 1 is 1.35 bits per heavy atom. The maximum Gasteiger partial charge on any atom is 0.573 e. The number of benzene rings is 1. The molecule has 0 bridgehead atoms. The van der Waals surface area contributed by atoms with Crippen molar-refractivity contribution in [3.8, 4) is 11.8 Å². The lowest BCUT2D eigenvalue weighted by molar-refractivity contribution is -0.275. The van der Waals surface area contributed by atoms with Gasteiger partial charge in [-0.25, -0.2) is 13.6 Å². The molecule has 0 unspecified atom stereocenters. The summed E-state index contributed by atoms with van der Waals surface area (Å²) in [5.41, 5.74) is -2.55. The number of esters is 1. The van der Waals surface area contributed by atoms with E-state index in [2.05, 4.69) is 9.47 Å². The number of nitrogens with zero attached hydrogens (tertiary/aromatic N) is 1. The summed E-state index contributed by atoms with van der Waals surface area (Å²) < 4.78 is 69.7. The van der Waals surface area contributed by atoms with Crippen molar-refractivity contribution in [2.75, 3.05) is 7.11 Å². The van der Waals surface area contributed by atoms with E-state index in [0.29, 0.717) is 12.1 Å². The fraction of sp³-hybridized carbons (Fsp3) is 0.273. The van der Waals surface area contributed by atoms with Crippen LogP contribution in [0.1, 0.15) is 27.9 Å². The lowest BCUT2D eigenvalue weighted by Crippen LogP contribution is -2.19.